The monoisotopic (exact) mass is 113 g/mol. The highest BCUT2D eigenvalue weighted by Crippen LogP contribution is 2.07. The Labute approximate surface area is 51.0 Å². The molecule has 1 nitrogen and oxygen atoms in total. The Kier molecular flexibility index (Phi) is 3.33. The van der Waals surface area contributed by atoms with E-state index in [4.69, 9.17) is 0 Å². The Hall–Kier alpha value is -0.460. The maximum Gasteiger partial charge on any atom is 0.141 e. The molecule has 0 aromatic rings. The lowest BCUT2D eigenvalue weighted by molar-refractivity contribution is 0.343. The summed E-state index contributed by atoms with van der Waals surface area (Å²) in [6.07, 6.45) is 1.86. The molecule has 0 saturated heterocycles. The van der Waals surface area contributed by atoms with Gasteiger partial charge in [-0.2, -0.15) is 0 Å². The first-order chi connectivity index (χ1) is 3.66. The molecule has 0 fully saturated rings. The van der Waals surface area contributed by atoms with Gasteiger partial charge in [0.2, 0.25) is 0 Å². The highest BCUT2D eigenvalue weighted by Gasteiger charge is 1.93. The summed E-state index contributed by atoms with van der Waals surface area (Å²) in [7, 11) is 0. The molecule has 47 valence electrons. The zero-order valence-corrected chi connectivity index (χ0v) is 5.77. The lowest BCUT2D eigenvalue weighted by Crippen LogP contribution is -1.86. The van der Waals surface area contributed by atoms with Crippen LogP contribution in [0.5, 0.6) is 0 Å². The summed E-state index contributed by atoms with van der Waals surface area (Å²) in [6, 6.07) is 0. The van der Waals surface area contributed by atoms with Crippen LogP contribution < -0.4 is 0 Å². The molecule has 0 N–H and O–H groups in total. The third-order valence-corrected chi connectivity index (χ3v) is 0.931. The van der Waals surface area contributed by atoms with Gasteiger partial charge in [0.25, 0.3) is 0 Å². The number of hydrogen-bond acceptors (Lipinski definition) is 0. The van der Waals surface area contributed by atoms with Gasteiger partial charge in [-0.15, -0.1) is 0 Å². The van der Waals surface area contributed by atoms with Crippen molar-refractivity contribution in [2.45, 2.75) is 27.2 Å². The number of rotatable bonds is 2. The maximum absolute atomic E-state index is 10.0. The van der Waals surface area contributed by atoms with Gasteiger partial charge in [-0.1, -0.05) is 13.8 Å². The van der Waals surface area contributed by atoms with Crippen molar-refractivity contribution >= 4 is 0 Å². The van der Waals surface area contributed by atoms with Gasteiger partial charge in [0, 0.05) is 0 Å². The molecule has 0 amide bonds. The minimum atomic E-state index is 0.611. The second kappa shape index (κ2) is 3.53. The van der Waals surface area contributed by atoms with Crippen molar-refractivity contribution in [2.75, 3.05) is 0 Å². The lowest BCUT2D eigenvalue weighted by atomic mass is 10.1. The highest BCUT2D eigenvalue weighted by molar-refractivity contribution is 4.92. The fourth-order valence-corrected chi connectivity index (χ4v) is 0.692. The summed E-state index contributed by atoms with van der Waals surface area (Å²) in [4.78, 5) is 0. The van der Waals surface area contributed by atoms with Crippen molar-refractivity contribution in [3.8, 4) is 0 Å². The van der Waals surface area contributed by atoms with E-state index in [-0.39, 0.29) is 0 Å². The van der Waals surface area contributed by atoms with E-state index in [0.29, 0.717) is 5.92 Å². The molecule has 8 heavy (non-hydrogen) atoms. The topological polar surface area (TPSA) is 19.9 Å². The molecule has 0 unspecified atom stereocenters. The molecule has 0 aromatic carbocycles. The van der Waals surface area contributed by atoms with Crippen molar-refractivity contribution < 1.29 is 5.11 Å². The highest BCUT2D eigenvalue weighted by atomic mass is 16.2. The van der Waals surface area contributed by atoms with E-state index in [1.807, 2.05) is 6.92 Å². The molecule has 1 radical (unpaired) electrons. The summed E-state index contributed by atoms with van der Waals surface area (Å²) < 4.78 is 0. The van der Waals surface area contributed by atoms with Gasteiger partial charge in [-0.25, -0.2) is 0 Å². The van der Waals surface area contributed by atoms with E-state index in [1.54, 1.807) is 0 Å². The Morgan fingerprint density at radius 3 is 2.25 bits per heavy atom. The molecule has 0 heterocycles. The molecule has 0 spiro atoms. The smallest absolute Gasteiger partial charge is 0.141 e. The predicted molar refractivity (Wildman–Crippen MR) is 33.9 cm³/mol. The lowest BCUT2D eigenvalue weighted by Gasteiger charge is -2.00. The van der Waals surface area contributed by atoms with Crippen molar-refractivity contribution in [1.82, 2.24) is 0 Å². The molecule has 0 saturated carbocycles. The zero-order valence-electron chi connectivity index (χ0n) is 5.77. The van der Waals surface area contributed by atoms with Crippen molar-refractivity contribution in [1.29, 1.82) is 0 Å². The normalized spacial score (nSPS) is 12.8. The fraction of sp³-hybridized carbons (Fsp3) is 0.714. The van der Waals surface area contributed by atoms with Crippen molar-refractivity contribution in [3.63, 3.8) is 0 Å². The minimum absolute atomic E-state index is 0.611. The average Bonchev–Trinajstić information content (AvgIpc) is 1.65. The molecular formula is C7H13O. The van der Waals surface area contributed by atoms with E-state index in [1.165, 1.54) is 0 Å². The first kappa shape index (κ1) is 7.54. The first-order valence-electron chi connectivity index (χ1n) is 2.94. The molecular weight excluding hydrogens is 100 g/mol. The van der Waals surface area contributed by atoms with Gasteiger partial charge < -0.3 is 0 Å². The number of hydrogen-bond donors (Lipinski definition) is 0. The molecule has 0 aromatic heterocycles. The van der Waals surface area contributed by atoms with Crippen LogP contribution in [0.25, 0.3) is 0 Å². The average molecular weight is 113 g/mol. The summed E-state index contributed by atoms with van der Waals surface area (Å²) in [5.74, 6) is 0.611. The third-order valence-electron chi connectivity index (χ3n) is 0.931. The molecule has 0 rings (SSSR count). The van der Waals surface area contributed by atoms with Crippen LogP contribution in [0, 0.1) is 5.92 Å². The minimum Gasteiger partial charge on any atom is -0.299 e. The second-order valence-corrected chi connectivity index (χ2v) is 2.56. The van der Waals surface area contributed by atoms with Crippen LogP contribution >= 0.6 is 0 Å². The van der Waals surface area contributed by atoms with Crippen LogP contribution in [0.15, 0.2) is 11.8 Å². The van der Waals surface area contributed by atoms with Gasteiger partial charge in [-0.05, 0) is 24.8 Å². The zero-order chi connectivity index (χ0) is 6.57. The van der Waals surface area contributed by atoms with Crippen molar-refractivity contribution in [2.24, 2.45) is 5.92 Å². The van der Waals surface area contributed by atoms with Crippen LogP contribution in [0.1, 0.15) is 27.2 Å². The molecule has 0 bridgehead atoms. The quantitative estimate of drug-likeness (QED) is 0.490. The summed E-state index contributed by atoms with van der Waals surface area (Å²) in [5.41, 5.74) is 0.944. The molecule has 0 atom stereocenters. The van der Waals surface area contributed by atoms with E-state index in [9.17, 15) is 5.11 Å². The maximum atomic E-state index is 10.0. The van der Waals surface area contributed by atoms with Gasteiger partial charge in [0.15, 0.2) is 0 Å². The van der Waals surface area contributed by atoms with Gasteiger partial charge >= 0.3 is 0 Å². The number of allylic oxidation sites excluding steroid dienone is 1. The van der Waals surface area contributed by atoms with Gasteiger partial charge in [-0.3, -0.25) is 5.11 Å². The van der Waals surface area contributed by atoms with E-state index >= 15 is 0 Å². The van der Waals surface area contributed by atoms with Crippen LogP contribution in [-0.4, -0.2) is 0 Å². The van der Waals surface area contributed by atoms with Gasteiger partial charge in [0.1, 0.15) is 6.26 Å². The van der Waals surface area contributed by atoms with Crippen molar-refractivity contribution in [3.05, 3.63) is 11.8 Å². The van der Waals surface area contributed by atoms with E-state index in [0.717, 1.165) is 18.3 Å². The first-order valence-corrected chi connectivity index (χ1v) is 2.94. The Morgan fingerprint density at radius 2 is 2.12 bits per heavy atom. The summed E-state index contributed by atoms with van der Waals surface area (Å²) >= 11 is 0. The molecule has 0 aliphatic heterocycles. The molecule has 1 heteroatoms. The second-order valence-electron chi connectivity index (χ2n) is 2.56. The van der Waals surface area contributed by atoms with Crippen LogP contribution in [0.2, 0.25) is 0 Å². The van der Waals surface area contributed by atoms with Crippen LogP contribution in [-0.2, 0) is 5.11 Å². The van der Waals surface area contributed by atoms with E-state index in [2.05, 4.69) is 13.8 Å². The van der Waals surface area contributed by atoms with Crippen LogP contribution in [0.3, 0.4) is 0 Å². The Morgan fingerprint density at radius 1 is 1.62 bits per heavy atom. The van der Waals surface area contributed by atoms with Crippen LogP contribution in [0.4, 0.5) is 0 Å². The molecule has 0 aliphatic rings. The largest absolute Gasteiger partial charge is 0.299 e. The molecule has 0 aliphatic carbocycles. The standard InChI is InChI=1S/C7H13O/c1-6(2)4-7(3)5-8/h5-6H,4H2,1-3H3. The SMILES string of the molecule is CC(=C[O])CC(C)C. The third kappa shape index (κ3) is 3.72. The predicted octanol–water partition coefficient (Wildman–Crippen LogP) is 2.37. The summed E-state index contributed by atoms with van der Waals surface area (Å²) in [6.45, 7) is 6.08. The Bertz CT molecular complexity index is 82.4. The fourth-order valence-electron chi connectivity index (χ4n) is 0.692. The van der Waals surface area contributed by atoms with E-state index < -0.39 is 0 Å². The van der Waals surface area contributed by atoms with Gasteiger partial charge in [0.05, 0.1) is 0 Å². The Balaban J connectivity index is 3.39. The summed E-state index contributed by atoms with van der Waals surface area (Å²) in [5, 5.41) is 10.0.